The first-order valence-corrected chi connectivity index (χ1v) is 7.85. The molecular formula is C19H21NO3. The fraction of sp³-hybridized carbons (Fsp3) is 0.316. The largest absolute Gasteiger partial charge is 0.508 e. The van der Waals surface area contributed by atoms with Gasteiger partial charge in [0.25, 0.3) is 0 Å². The Balaban J connectivity index is 1.57. The van der Waals surface area contributed by atoms with Gasteiger partial charge in [-0.1, -0.05) is 24.3 Å². The molecule has 0 radical (unpaired) electrons. The summed E-state index contributed by atoms with van der Waals surface area (Å²) in [6.45, 7) is 0.599. The lowest BCUT2D eigenvalue weighted by Gasteiger charge is -2.16. The van der Waals surface area contributed by atoms with Gasteiger partial charge in [0.2, 0.25) is 5.91 Å². The predicted molar refractivity (Wildman–Crippen MR) is 88.7 cm³/mol. The summed E-state index contributed by atoms with van der Waals surface area (Å²) in [5, 5.41) is 12.3. The molecule has 4 nitrogen and oxygen atoms in total. The van der Waals surface area contributed by atoms with Gasteiger partial charge >= 0.3 is 0 Å². The Labute approximate surface area is 136 Å². The second kappa shape index (κ2) is 6.32. The summed E-state index contributed by atoms with van der Waals surface area (Å²) in [7, 11) is 1.64. The second-order valence-electron chi connectivity index (χ2n) is 5.98. The highest BCUT2D eigenvalue weighted by Crippen LogP contribution is 2.48. The lowest BCUT2D eigenvalue weighted by atomic mass is 9.95. The highest BCUT2D eigenvalue weighted by Gasteiger charge is 2.50. The van der Waals surface area contributed by atoms with E-state index in [2.05, 4.69) is 5.32 Å². The summed E-state index contributed by atoms with van der Waals surface area (Å²) in [5.74, 6) is 1.16. The molecule has 0 atom stereocenters. The van der Waals surface area contributed by atoms with Crippen molar-refractivity contribution < 1.29 is 14.6 Å². The Bertz CT molecular complexity index is 673. The van der Waals surface area contributed by atoms with Crippen molar-refractivity contribution in [2.45, 2.75) is 24.7 Å². The number of hydrogen-bond donors (Lipinski definition) is 2. The molecular weight excluding hydrogens is 290 g/mol. The zero-order valence-electron chi connectivity index (χ0n) is 13.2. The van der Waals surface area contributed by atoms with E-state index in [1.54, 1.807) is 19.2 Å². The molecule has 23 heavy (non-hydrogen) atoms. The molecule has 120 valence electrons. The molecule has 0 spiro atoms. The van der Waals surface area contributed by atoms with Crippen molar-refractivity contribution >= 4 is 5.91 Å². The standard InChI is InChI=1S/C19H21NO3/c1-23-17-8-4-15(5-9-17)19(11-12-19)18(22)20-13-10-14-2-6-16(21)7-3-14/h2-9,21H,10-13H2,1H3,(H,20,22). The van der Waals surface area contributed by atoms with Crippen LogP contribution in [0.3, 0.4) is 0 Å². The van der Waals surface area contributed by atoms with Gasteiger partial charge in [0.05, 0.1) is 12.5 Å². The first-order valence-electron chi connectivity index (χ1n) is 7.85. The minimum absolute atomic E-state index is 0.0986. The summed E-state index contributed by atoms with van der Waals surface area (Å²) >= 11 is 0. The number of carbonyl (C=O) groups excluding carboxylic acids is 1. The molecule has 0 aromatic heterocycles. The number of carbonyl (C=O) groups is 1. The number of benzene rings is 2. The first-order chi connectivity index (χ1) is 11.1. The Kier molecular flexibility index (Phi) is 4.24. The van der Waals surface area contributed by atoms with E-state index in [4.69, 9.17) is 4.74 Å². The SMILES string of the molecule is COc1ccc(C2(C(=O)NCCc3ccc(O)cc3)CC2)cc1. The molecule has 1 amide bonds. The Morgan fingerprint density at radius 3 is 2.35 bits per heavy atom. The fourth-order valence-electron chi connectivity index (χ4n) is 2.83. The van der Waals surface area contributed by atoms with E-state index in [-0.39, 0.29) is 17.1 Å². The Morgan fingerprint density at radius 2 is 1.78 bits per heavy atom. The maximum absolute atomic E-state index is 12.5. The average molecular weight is 311 g/mol. The lowest BCUT2D eigenvalue weighted by Crippen LogP contribution is -2.35. The third-order valence-electron chi connectivity index (χ3n) is 4.46. The zero-order chi connectivity index (χ0) is 16.3. The van der Waals surface area contributed by atoms with Crippen LogP contribution in [0.5, 0.6) is 11.5 Å². The Morgan fingerprint density at radius 1 is 1.13 bits per heavy atom. The zero-order valence-corrected chi connectivity index (χ0v) is 13.2. The molecule has 0 bridgehead atoms. The molecule has 1 fully saturated rings. The van der Waals surface area contributed by atoms with Crippen LogP contribution in [0.15, 0.2) is 48.5 Å². The highest BCUT2D eigenvalue weighted by atomic mass is 16.5. The van der Waals surface area contributed by atoms with Crippen molar-refractivity contribution in [1.29, 1.82) is 0 Å². The van der Waals surface area contributed by atoms with Crippen LogP contribution in [0.1, 0.15) is 24.0 Å². The molecule has 1 aliphatic carbocycles. The number of ether oxygens (including phenoxy) is 1. The van der Waals surface area contributed by atoms with Crippen LogP contribution in [0, 0.1) is 0 Å². The van der Waals surface area contributed by atoms with E-state index in [1.807, 2.05) is 36.4 Å². The van der Waals surface area contributed by atoms with Gasteiger partial charge in [-0.3, -0.25) is 4.79 Å². The molecule has 2 aromatic carbocycles. The molecule has 0 saturated heterocycles. The number of nitrogens with one attached hydrogen (secondary N) is 1. The van der Waals surface area contributed by atoms with Gasteiger partial charge in [-0.05, 0) is 54.7 Å². The predicted octanol–water partition coefficient (Wildman–Crippen LogP) is 2.79. The molecule has 1 saturated carbocycles. The number of rotatable bonds is 6. The number of amides is 1. The number of methoxy groups -OCH3 is 1. The van der Waals surface area contributed by atoms with E-state index >= 15 is 0 Å². The normalized spacial score (nSPS) is 15.0. The molecule has 0 heterocycles. The number of phenolic OH excluding ortho intramolecular Hbond substituents is 1. The topological polar surface area (TPSA) is 58.6 Å². The summed E-state index contributed by atoms with van der Waals surface area (Å²) in [6, 6.07) is 14.8. The van der Waals surface area contributed by atoms with Gasteiger partial charge in [-0.15, -0.1) is 0 Å². The van der Waals surface area contributed by atoms with E-state index in [1.165, 1.54) is 0 Å². The number of aromatic hydroxyl groups is 1. The molecule has 1 aliphatic rings. The monoisotopic (exact) mass is 311 g/mol. The quantitative estimate of drug-likeness (QED) is 0.862. The summed E-state index contributed by atoms with van der Waals surface area (Å²) < 4.78 is 5.17. The number of hydrogen-bond acceptors (Lipinski definition) is 3. The smallest absolute Gasteiger partial charge is 0.230 e. The van der Waals surface area contributed by atoms with Crippen molar-refractivity contribution in [2.24, 2.45) is 0 Å². The molecule has 4 heteroatoms. The van der Waals surface area contributed by atoms with Crippen LogP contribution in [0.25, 0.3) is 0 Å². The summed E-state index contributed by atoms with van der Waals surface area (Å²) in [6.07, 6.45) is 2.54. The highest BCUT2D eigenvalue weighted by molar-refractivity contribution is 5.91. The van der Waals surface area contributed by atoms with E-state index in [0.717, 1.165) is 36.1 Å². The van der Waals surface area contributed by atoms with Crippen molar-refractivity contribution in [2.75, 3.05) is 13.7 Å². The van der Waals surface area contributed by atoms with Crippen molar-refractivity contribution in [3.05, 3.63) is 59.7 Å². The van der Waals surface area contributed by atoms with Gasteiger partial charge in [-0.2, -0.15) is 0 Å². The first kappa shape index (κ1) is 15.4. The van der Waals surface area contributed by atoms with Gasteiger partial charge < -0.3 is 15.2 Å². The van der Waals surface area contributed by atoms with Crippen LogP contribution >= 0.6 is 0 Å². The van der Waals surface area contributed by atoms with Gasteiger partial charge in [0.15, 0.2) is 0 Å². The van der Waals surface area contributed by atoms with Crippen molar-refractivity contribution in [3.8, 4) is 11.5 Å². The number of phenols is 1. The average Bonchev–Trinajstić information content (AvgIpc) is 3.38. The van der Waals surface area contributed by atoms with Crippen LogP contribution in [-0.4, -0.2) is 24.7 Å². The fourth-order valence-corrected chi connectivity index (χ4v) is 2.83. The third-order valence-corrected chi connectivity index (χ3v) is 4.46. The molecule has 2 aromatic rings. The summed E-state index contributed by atoms with van der Waals surface area (Å²) in [4.78, 5) is 12.5. The van der Waals surface area contributed by atoms with Crippen molar-refractivity contribution in [1.82, 2.24) is 5.32 Å². The van der Waals surface area contributed by atoms with Crippen LogP contribution in [0.2, 0.25) is 0 Å². The summed E-state index contributed by atoms with van der Waals surface area (Å²) in [5.41, 5.74) is 1.79. The molecule has 2 N–H and O–H groups in total. The van der Waals surface area contributed by atoms with Gasteiger partial charge in [0, 0.05) is 6.54 Å². The van der Waals surface area contributed by atoms with Gasteiger partial charge in [0.1, 0.15) is 11.5 Å². The van der Waals surface area contributed by atoms with E-state index in [0.29, 0.717) is 6.54 Å². The maximum atomic E-state index is 12.5. The third kappa shape index (κ3) is 3.31. The molecule has 0 unspecified atom stereocenters. The second-order valence-corrected chi connectivity index (χ2v) is 5.98. The van der Waals surface area contributed by atoms with Crippen LogP contribution in [0.4, 0.5) is 0 Å². The van der Waals surface area contributed by atoms with Crippen LogP contribution in [-0.2, 0) is 16.6 Å². The van der Waals surface area contributed by atoms with Crippen molar-refractivity contribution in [3.63, 3.8) is 0 Å². The maximum Gasteiger partial charge on any atom is 0.230 e. The van der Waals surface area contributed by atoms with Gasteiger partial charge in [-0.25, -0.2) is 0 Å². The van der Waals surface area contributed by atoms with E-state index in [9.17, 15) is 9.90 Å². The minimum atomic E-state index is -0.360. The van der Waals surface area contributed by atoms with Crippen LogP contribution < -0.4 is 10.1 Å². The van der Waals surface area contributed by atoms with E-state index < -0.39 is 0 Å². The molecule has 0 aliphatic heterocycles. The lowest BCUT2D eigenvalue weighted by molar-refractivity contribution is -0.123. The molecule has 3 rings (SSSR count). The Hall–Kier alpha value is -2.49. The minimum Gasteiger partial charge on any atom is -0.508 e.